The maximum Gasteiger partial charge on any atom is 0.407 e. The number of methoxy groups -OCH3 is 2. The minimum atomic E-state index is -3.29. The number of alkyl carbamates (subject to hydrolysis) is 2. The fourth-order valence-electron chi connectivity index (χ4n) is 9.84. The molecule has 18 heteroatoms. The lowest BCUT2D eigenvalue weighted by molar-refractivity contribution is -0.135. The van der Waals surface area contributed by atoms with Crippen LogP contribution in [-0.2, 0) is 25.0 Å². The number of amides is 4. The van der Waals surface area contributed by atoms with Crippen molar-refractivity contribution < 1.29 is 37.4 Å². The third kappa shape index (κ3) is 8.57. The number of benzene rings is 3. The summed E-state index contributed by atoms with van der Waals surface area (Å²) < 4.78 is 42.9. The molecule has 0 radical (unpaired) electrons. The summed E-state index contributed by atoms with van der Waals surface area (Å²) in [6.07, 6.45) is 1.48. The van der Waals surface area contributed by atoms with Gasteiger partial charge in [0, 0.05) is 29.0 Å². The lowest BCUT2D eigenvalue weighted by atomic mass is 9.98. The maximum atomic E-state index is 16.7. The highest BCUT2D eigenvalue weighted by molar-refractivity contribution is 6.79. The average molecular weight is 925 g/mol. The standard InChI is InChI=1S/C47H58F2N8O6Si2/c1-25(2)39(54-45(60)62-5)43(58)56-23-64(7,8)21-37(56)41-50-20-36(53-41)29-12-15-31-30-14-11-27(17-32(30)47(48,49)33(31)18-29)28-13-16-34-35(19-28)52-42(51-34)38-22-65(9,10)24-57(38)44(59)40(26(3)4)55-46(61)63-6/h11-20,25-26,37-40H,21-24H2,1-10H3,(H,50,53)(H,51,52)(H,54,60)(H,55,61)/t37-,38-,39-,40-/m0/s1. The number of H-pyrrole nitrogens is 2. The molecule has 0 spiro atoms. The highest BCUT2D eigenvalue weighted by Crippen LogP contribution is 2.53. The van der Waals surface area contributed by atoms with Crippen molar-refractivity contribution in [3.8, 4) is 33.5 Å². The van der Waals surface area contributed by atoms with E-state index in [2.05, 4.69) is 51.8 Å². The Hall–Kier alpha value is -5.89. The first-order valence-corrected chi connectivity index (χ1v) is 29.0. The minimum Gasteiger partial charge on any atom is -0.453 e. The lowest BCUT2D eigenvalue weighted by Crippen LogP contribution is -2.52. The van der Waals surface area contributed by atoms with E-state index in [0.29, 0.717) is 57.4 Å². The highest BCUT2D eigenvalue weighted by Gasteiger charge is 2.48. The van der Waals surface area contributed by atoms with Gasteiger partial charge in [-0.25, -0.2) is 19.6 Å². The molecule has 2 fully saturated rings. The van der Waals surface area contributed by atoms with Gasteiger partial charge in [-0.2, -0.15) is 8.78 Å². The highest BCUT2D eigenvalue weighted by atomic mass is 28.3. The SMILES string of the molecule is COC(=O)N[C@H](C(=O)N1C[Si](C)(C)C[C@H]1c1ncc(-c2ccc3c(c2)C(F)(F)c2cc(-c4ccc5nc([C@@H]6C[Si](C)(C)CN6C(=O)[C@@H](NC(=O)OC)C(C)C)[nH]c5c4)ccc2-3)[nH]1)C(C)C. The van der Waals surface area contributed by atoms with Gasteiger partial charge in [0.15, 0.2) is 0 Å². The Morgan fingerprint density at radius 3 is 1.71 bits per heavy atom. The van der Waals surface area contributed by atoms with Gasteiger partial charge in [0.1, 0.15) is 23.7 Å². The molecule has 0 bridgehead atoms. The monoisotopic (exact) mass is 924 g/mol. The van der Waals surface area contributed by atoms with Crippen molar-refractivity contribution in [1.82, 2.24) is 40.4 Å². The smallest absolute Gasteiger partial charge is 0.407 e. The van der Waals surface area contributed by atoms with Gasteiger partial charge in [0.25, 0.3) is 5.92 Å². The molecule has 344 valence electrons. The van der Waals surface area contributed by atoms with E-state index in [1.54, 1.807) is 29.3 Å². The predicted molar refractivity (Wildman–Crippen MR) is 249 cm³/mol. The Balaban J connectivity index is 1.04. The van der Waals surface area contributed by atoms with E-state index >= 15 is 8.78 Å². The normalized spacial score (nSPS) is 20.2. The molecule has 4 heterocycles. The molecule has 4 atom stereocenters. The van der Waals surface area contributed by atoms with Crippen LogP contribution in [-0.4, -0.2) is 109 Å². The number of imidazole rings is 2. The molecular weight excluding hydrogens is 867 g/mol. The van der Waals surface area contributed by atoms with Crippen LogP contribution in [0.2, 0.25) is 38.3 Å². The number of carbonyl (C=O) groups excluding carboxylic acids is 4. The minimum absolute atomic E-state index is 0.0852. The predicted octanol–water partition coefficient (Wildman–Crippen LogP) is 8.76. The van der Waals surface area contributed by atoms with E-state index in [9.17, 15) is 19.2 Å². The first-order valence-electron chi connectivity index (χ1n) is 22.1. The average Bonchev–Trinajstić information content (AvgIpc) is 4.09. The molecule has 3 aliphatic rings. The second kappa shape index (κ2) is 16.8. The Morgan fingerprint density at radius 1 is 0.708 bits per heavy atom. The number of aromatic amines is 2. The molecule has 14 nitrogen and oxygen atoms in total. The van der Waals surface area contributed by atoms with Gasteiger partial charge >= 0.3 is 12.2 Å². The second-order valence-electron chi connectivity index (χ2n) is 20.0. The largest absolute Gasteiger partial charge is 0.453 e. The maximum absolute atomic E-state index is 16.7. The molecule has 2 saturated heterocycles. The number of rotatable bonds is 10. The zero-order chi connectivity index (χ0) is 46.9. The van der Waals surface area contributed by atoms with Gasteiger partial charge in [-0.1, -0.05) is 84.2 Å². The van der Waals surface area contributed by atoms with Gasteiger partial charge in [-0.3, -0.25) is 9.59 Å². The van der Waals surface area contributed by atoms with Crippen LogP contribution in [0.1, 0.15) is 62.6 Å². The molecule has 0 saturated carbocycles. The van der Waals surface area contributed by atoms with E-state index in [-0.39, 0.29) is 46.9 Å². The number of ether oxygens (including phenoxy) is 2. The molecular formula is C47H58F2N8O6Si2. The first-order chi connectivity index (χ1) is 30.6. The third-order valence-electron chi connectivity index (χ3n) is 13.2. The van der Waals surface area contributed by atoms with Gasteiger partial charge in [0.05, 0.1) is 65.4 Å². The van der Waals surface area contributed by atoms with Crippen molar-refractivity contribution >= 4 is 51.2 Å². The summed E-state index contributed by atoms with van der Waals surface area (Å²) in [5.74, 6) is -2.83. The number of aromatic nitrogens is 4. The number of nitrogens with zero attached hydrogens (tertiary/aromatic N) is 4. The molecule has 1 aliphatic carbocycles. The zero-order valence-electron chi connectivity index (χ0n) is 38.6. The van der Waals surface area contributed by atoms with Crippen LogP contribution in [0, 0.1) is 11.8 Å². The van der Waals surface area contributed by atoms with E-state index < -0.39 is 46.3 Å². The zero-order valence-corrected chi connectivity index (χ0v) is 40.6. The van der Waals surface area contributed by atoms with Crippen LogP contribution in [0.3, 0.4) is 0 Å². The summed E-state index contributed by atoms with van der Waals surface area (Å²) >= 11 is 0. The topological polar surface area (TPSA) is 175 Å². The number of hydrogen-bond acceptors (Lipinski definition) is 8. The number of alkyl halides is 2. The van der Waals surface area contributed by atoms with Crippen molar-refractivity contribution in [1.29, 1.82) is 0 Å². The van der Waals surface area contributed by atoms with Crippen molar-refractivity contribution in [2.24, 2.45) is 11.8 Å². The van der Waals surface area contributed by atoms with Crippen molar-refractivity contribution in [2.45, 2.75) is 96.1 Å². The number of nitrogens with one attached hydrogen (secondary N) is 4. The van der Waals surface area contributed by atoms with Gasteiger partial charge in [0.2, 0.25) is 11.8 Å². The van der Waals surface area contributed by atoms with Crippen LogP contribution in [0.15, 0.2) is 60.8 Å². The Bertz CT molecular complexity index is 2700. The molecule has 0 unspecified atom stereocenters. The number of fused-ring (bicyclic) bond motifs is 4. The Morgan fingerprint density at radius 2 is 1.18 bits per heavy atom. The fourth-order valence-corrected chi connectivity index (χ4v) is 15.6. The summed E-state index contributed by atoms with van der Waals surface area (Å²) in [5, 5.41) is 5.41. The summed E-state index contributed by atoms with van der Waals surface area (Å²) in [6.45, 7) is 16.4. The third-order valence-corrected chi connectivity index (χ3v) is 18.5. The molecule has 2 aliphatic heterocycles. The number of halogens is 2. The van der Waals surface area contributed by atoms with Crippen molar-refractivity contribution in [3.05, 3.63) is 83.6 Å². The van der Waals surface area contributed by atoms with Gasteiger partial charge < -0.3 is 39.9 Å². The van der Waals surface area contributed by atoms with E-state index in [0.717, 1.165) is 23.2 Å². The van der Waals surface area contributed by atoms with Crippen molar-refractivity contribution in [3.63, 3.8) is 0 Å². The molecule has 8 rings (SSSR count). The van der Waals surface area contributed by atoms with Gasteiger partial charge in [-0.05, 0) is 70.4 Å². The van der Waals surface area contributed by atoms with E-state index in [1.807, 2.05) is 62.9 Å². The second-order valence-corrected chi connectivity index (χ2v) is 30.2. The first kappa shape index (κ1) is 45.7. The molecule has 5 aromatic rings. The summed E-state index contributed by atoms with van der Waals surface area (Å²) in [7, 11) is -1.20. The van der Waals surface area contributed by atoms with Crippen LogP contribution >= 0.6 is 0 Å². The quantitative estimate of drug-likeness (QED) is 0.101. The summed E-state index contributed by atoms with van der Waals surface area (Å²) in [6, 6.07) is 15.2. The number of hydrogen-bond donors (Lipinski definition) is 4. The summed E-state index contributed by atoms with van der Waals surface area (Å²) in [4.78, 5) is 72.3. The van der Waals surface area contributed by atoms with Crippen LogP contribution < -0.4 is 10.6 Å². The Labute approximate surface area is 379 Å². The molecule has 3 aromatic carbocycles. The molecule has 4 N–H and O–H groups in total. The van der Waals surface area contributed by atoms with Crippen LogP contribution in [0.4, 0.5) is 18.4 Å². The van der Waals surface area contributed by atoms with Crippen LogP contribution in [0.5, 0.6) is 0 Å². The number of carbonyl (C=O) groups is 4. The van der Waals surface area contributed by atoms with E-state index in [1.165, 1.54) is 20.3 Å². The lowest BCUT2D eigenvalue weighted by Gasteiger charge is -2.30. The molecule has 65 heavy (non-hydrogen) atoms. The Kier molecular flexibility index (Phi) is 11.8. The van der Waals surface area contributed by atoms with Gasteiger partial charge in [-0.15, -0.1) is 0 Å². The molecule has 2 aromatic heterocycles. The summed E-state index contributed by atoms with van der Waals surface area (Å²) in [5.41, 5.74) is 4.60. The fraction of sp³-hybridized carbons (Fsp3) is 0.447. The molecule has 4 amide bonds. The van der Waals surface area contributed by atoms with Crippen LogP contribution in [0.25, 0.3) is 44.5 Å². The van der Waals surface area contributed by atoms with E-state index in [4.69, 9.17) is 14.5 Å². The van der Waals surface area contributed by atoms with Crippen molar-refractivity contribution in [2.75, 3.05) is 26.6 Å².